The second-order valence-corrected chi connectivity index (χ2v) is 5.97. The van der Waals surface area contributed by atoms with E-state index in [1.165, 1.54) is 0 Å². The van der Waals surface area contributed by atoms with Crippen molar-refractivity contribution in [3.63, 3.8) is 0 Å². The third-order valence-corrected chi connectivity index (χ3v) is 3.70. The molecule has 0 radical (unpaired) electrons. The Morgan fingerprint density at radius 1 is 1.27 bits per heavy atom. The molecule has 0 aliphatic carbocycles. The molecule has 0 aliphatic rings. The van der Waals surface area contributed by atoms with E-state index in [1.807, 2.05) is 0 Å². The van der Waals surface area contributed by atoms with Crippen molar-refractivity contribution < 1.29 is 35.3 Å². The second kappa shape index (κ2) is 7.48. The van der Waals surface area contributed by atoms with Crippen LogP contribution in [0.2, 0.25) is 0 Å². The number of carbonyl (C=O) groups excluding carboxylic acids is 1. The lowest BCUT2D eigenvalue weighted by Crippen LogP contribution is -2.16. The topological polar surface area (TPSA) is 69.7 Å². The number of halogens is 3. The second-order valence-electron chi connectivity index (χ2n) is 4.28. The van der Waals surface area contributed by atoms with Crippen molar-refractivity contribution >= 4 is 16.1 Å². The number of esters is 1. The van der Waals surface area contributed by atoms with Gasteiger partial charge in [-0.25, -0.2) is 0 Å². The highest BCUT2D eigenvalue weighted by Gasteiger charge is 2.31. The minimum Gasteiger partial charge on any atom is -0.466 e. The molecule has 0 saturated heterocycles. The maximum absolute atomic E-state index is 12.5. The van der Waals surface area contributed by atoms with Gasteiger partial charge in [-0.2, -0.15) is 21.6 Å². The van der Waals surface area contributed by atoms with E-state index in [0.717, 1.165) is 18.2 Å². The monoisotopic (exact) mass is 340 g/mol. The number of benzene rings is 1. The molecule has 1 rings (SSSR count). The van der Waals surface area contributed by atoms with Gasteiger partial charge in [0.15, 0.2) is 0 Å². The van der Waals surface area contributed by atoms with Crippen LogP contribution in [0.4, 0.5) is 13.2 Å². The van der Waals surface area contributed by atoms with Crippen LogP contribution in [0.5, 0.6) is 5.75 Å². The smallest absolute Gasteiger partial charge is 0.416 e. The molecule has 0 fully saturated rings. The molecule has 0 saturated carbocycles. The summed E-state index contributed by atoms with van der Waals surface area (Å²) >= 11 is 0. The van der Waals surface area contributed by atoms with Gasteiger partial charge in [-0.15, -0.1) is 0 Å². The Bertz CT molecular complexity index is 610. The Kier molecular flexibility index (Phi) is 6.21. The summed E-state index contributed by atoms with van der Waals surface area (Å²) in [6, 6.07) is 3.56. The molecule has 0 N–H and O–H groups in total. The number of hydrogen-bond acceptors (Lipinski definition) is 5. The fourth-order valence-corrected chi connectivity index (χ4v) is 2.52. The molecule has 0 unspecified atom stereocenters. The van der Waals surface area contributed by atoms with E-state index in [1.54, 1.807) is 6.92 Å². The van der Waals surface area contributed by atoms with Crippen molar-refractivity contribution in [2.24, 2.45) is 0 Å². The summed E-state index contributed by atoms with van der Waals surface area (Å²) in [5, 5.41) is 0. The lowest BCUT2D eigenvalue weighted by Gasteiger charge is -2.10. The summed E-state index contributed by atoms with van der Waals surface area (Å²) in [5.41, 5.74) is -1.01. The molecule has 9 heteroatoms. The lowest BCUT2D eigenvalue weighted by atomic mass is 10.2. The van der Waals surface area contributed by atoms with Crippen LogP contribution in [0.15, 0.2) is 24.3 Å². The molecule has 0 spiro atoms. The Morgan fingerprint density at radius 2 is 1.95 bits per heavy atom. The zero-order valence-corrected chi connectivity index (χ0v) is 12.5. The maximum atomic E-state index is 12.5. The van der Waals surface area contributed by atoms with E-state index in [9.17, 15) is 26.4 Å². The first-order valence-electron chi connectivity index (χ1n) is 6.39. The van der Waals surface area contributed by atoms with Gasteiger partial charge in [-0.3, -0.25) is 4.79 Å². The fraction of sp³-hybridized carbons (Fsp3) is 0.462. The average Bonchev–Trinajstić information content (AvgIpc) is 2.37. The first-order chi connectivity index (χ1) is 10.1. The fourth-order valence-electron chi connectivity index (χ4n) is 1.54. The van der Waals surface area contributed by atoms with Crippen LogP contribution in [0, 0.1) is 0 Å². The summed E-state index contributed by atoms with van der Waals surface area (Å²) in [7, 11) is -4.08. The lowest BCUT2D eigenvalue weighted by molar-refractivity contribution is -0.143. The van der Waals surface area contributed by atoms with Gasteiger partial charge < -0.3 is 8.92 Å². The molecular formula is C13H15F3O5S. The predicted octanol–water partition coefficient (Wildman–Crippen LogP) is 2.76. The van der Waals surface area contributed by atoms with Gasteiger partial charge in [-0.1, -0.05) is 6.07 Å². The van der Waals surface area contributed by atoms with Crippen LogP contribution >= 0.6 is 0 Å². The number of rotatable bonds is 7. The normalized spacial score (nSPS) is 12.0. The van der Waals surface area contributed by atoms with E-state index >= 15 is 0 Å². The van der Waals surface area contributed by atoms with E-state index in [0.29, 0.717) is 6.07 Å². The van der Waals surface area contributed by atoms with Crippen molar-refractivity contribution in [1.82, 2.24) is 0 Å². The van der Waals surface area contributed by atoms with Crippen molar-refractivity contribution in [2.75, 3.05) is 12.4 Å². The summed E-state index contributed by atoms with van der Waals surface area (Å²) in [5.74, 6) is -1.47. The standard InChI is InChI=1S/C13H15F3O5S/c1-2-20-12(17)7-4-8-22(18,19)21-11-6-3-5-10(9-11)13(14,15)16/h3,5-6,9H,2,4,7-8H2,1H3. The van der Waals surface area contributed by atoms with E-state index in [4.69, 9.17) is 0 Å². The van der Waals surface area contributed by atoms with Gasteiger partial charge in [0.1, 0.15) is 5.75 Å². The molecule has 5 nitrogen and oxygen atoms in total. The van der Waals surface area contributed by atoms with Gasteiger partial charge in [0.05, 0.1) is 17.9 Å². The quantitative estimate of drug-likeness (QED) is 0.564. The minimum atomic E-state index is -4.59. The summed E-state index contributed by atoms with van der Waals surface area (Å²) in [6.07, 6.45) is -4.74. The summed E-state index contributed by atoms with van der Waals surface area (Å²) < 4.78 is 70.0. The molecule has 1 aromatic carbocycles. The number of ether oxygens (including phenoxy) is 1. The Labute approximate surface area is 126 Å². The molecule has 0 aromatic heterocycles. The predicted molar refractivity (Wildman–Crippen MR) is 71.7 cm³/mol. The van der Waals surface area contributed by atoms with Gasteiger partial charge in [0.25, 0.3) is 0 Å². The average molecular weight is 340 g/mol. The summed E-state index contributed by atoms with van der Waals surface area (Å²) in [6.45, 7) is 1.80. The first kappa shape index (κ1) is 18.3. The van der Waals surface area contributed by atoms with Crippen LogP contribution < -0.4 is 4.18 Å². The highest BCUT2D eigenvalue weighted by Crippen LogP contribution is 2.31. The third kappa shape index (κ3) is 6.33. The first-order valence-corrected chi connectivity index (χ1v) is 7.97. The van der Waals surface area contributed by atoms with Gasteiger partial charge in [0.2, 0.25) is 0 Å². The van der Waals surface area contributed by atoms with E-state index in [-0.39, 0.29) is 19.4 Å². The number of alkyl halides is 3. The van der Waals surface area contributed by atoms with Crippen molar-refractivity contribution in [1.29, 1.82) is 0 Å². The van der Waals surface area contributed by atoms with E-state index < -0.39 is 39.3 Å². The van der Waals surface area contributed by atoms with Crippen LogP contribution in [-0.4, -0.2) is 26.7 Å². The third-order valence-electron chi connectivity index (χ3n) is 2.47. The van der Waals surface area contributed by atoms with Crippen molar-refractivity contribution in [2.45, 2.75) is 25.9 Å². The maximum Gasteiger partial charge on any atom is 0.416 e. The zero-order valence-electron chi connectivity index (χ0n) is 11.7. The molecule has 1 aromatic rings. The molecule has 0 atom stereocenters. The number of carbonyl (C=O) groups is 1. The number of hydrogen-bond donors (Lipinski definition) is 0. The van der Waals surface area contributed by atoms with Crippen LogP contribution in [0.1, 0.15) is 25.3 Å². The highest BCUT2D eigenvalue weighted by atomic mass is 32.2. The molecule has 0 amide bonds. The molecule has 124 valence electrons. The summed E-state index contributed by atoms with van der Waals surface area (Å²) in [4.78, 5) is 11.1. The minimum absolute atomic E-state index is 0.0415. The SMILES string of the molecule is CCOC(=O)CCCS(=O)(=O)Oc1cccc(C(F)(F)F)c1. The van der Waals surface area contributed by atoms with Crippen molar-refractivity contribution in [3.05, 3.63) is 29.8 Å². The molecule has 22 heavy (non-hydrogen) atoms. The Balaban J connectivity index is 2.63. The van der Waals surface area contributed by atoms with Crippen LogP contribution in [-0.2, 0) is 25.8 Å². The largest absolute Gasteiger partial charge is 0.466 e. The zero-order chi connectivity index (χ0) is 16.8. The Hall–Kier alpha value is -1.77. The van der Waals surface area contributed by atoms with E-state index in [2.05, 4.69) is 8.92 Å². The van der Waals surface area contributed by atoms with Gasteiger partial charge in [0, 0.05) is 6.42 Å². The van der Waals surface area contributed by atoms with Crippen molar-refractivity contribution in [3.8, 4) is 5.75 Å². The molecule has 0 heterocycles. The molecular weight excluding hydrogens is 325 g/mol. The van der Waals surface area contributed by atoms with Gasteiger partial charge >= 0.3 is 22.3 Å². The van der Waals surface area contributed by atoms with Crippen LogP contribution in [0.3, 0.4) is 0 Å². The highest BCUT2D eigenvalue weighted by molar-refractivity contribution is 7.87. The molecule has 0 bridgehead atoms. The van der Waals surface area contributed by atoms with Crippen LogP contribution in [0.25, 0.3) is 0 Å². The van der Waals surface area contributed by atoms with Gasteiger partial charge in [-0.05, 0) is 31.5 Å². The molecule has 0 aliphatic heterocycles. The Morgan fingerprint density at radius 3 is 2.55 bits per heavy atom.